The molecule has 0 amide bonds. The molecule has 2 rings (SSSR count). The molecular formula is C13H15NO3S. The first-order valence-electron chi connectivity index (χ1n) is 5.68. The summed E-state index contributed by atoms with van der Waals surface area (Å²) in [5, 5.41) is 0. The van der Waals surface area contributed by atoms with Crippen LogP contribution in [-0.4, -0.2) is 31.6 Å². The van der Waals surface area contributed by atoms with Crippen LogP contribution in [0.25, 0.3) is 0 Å². The Kier molecular flexibility index (Phi) is 3.36. The second-order valence-electron chi connectivity index (χ2n) is 4.42. The third-order valence-electron chi connectivity index (χ3n) is 3.02. The second-order valence-corrected chi connectivity index (χ2v) is 6.36. The average molecular weight is 265 g/mol. The predicted molar refractivity (Wildman–Crippen MR) is 68.7 cm³/mol. The largest absolute Gasteiger partial charge is 0.293 e. The van der Waals surface area contributed by atoms with Gasteiger partial charge in [-0.3, -0.25) is 4.79 Å². The molecule has 1 aliphatic rings. The molecule has 0 saturated carbocycles. The number of nitrogens with zero attached hydrogens (tertiary/aromatic N) is 1. The first kappa shape index (κ1) is 13.0. The smallest absolute Gasteiger partial charge is 0.243 e. The molecule has 0 aliphatic carbocycles. The van der Waals surface area contributed by atoms with Gasteiger partial charge in [-0.2, -0.15) is 4.31 Å². The number of hydrogen-bond donors (Lipinski definition) is 0. The molecule has 0 fully saturated rings. The molecule has 18 heavy (non-hydrogen) atoms. The van der Waals surface area contributed by atoms with Crippen LogP contribution in [0.2, 0.25) is 0 Å². The van der Waals surface area contributed by atoms with Gasteiger partial charge in [0.25, 0.3) is 0 Å². The van der Waals surface area contributed by atoms with Crippen molar-refractivity contribution in [3.05, 3.63) is 41.5 Å². The summed E-state index contributed by atoms with van der Waals surface area (Å²) in [6.45, 7) is 3.79. The lowest BCUT2D eigenvalue weighted by Crippen LogP contribution is -2.39. The van der Waals surface area contributed by atoms with Crippen molar-refractivity contribution in [3.8, 4) is 0 Å². The maximum atomic E-state index is 12.3. The molecule has 0 radical (unpaired) electrons. The highest BCUT2D eigenvalue weighted by molar-refractivity contribution is 7.89. The summed E-state index contributed by atoms with van der Waals surface area (Å²) in [6, 6.07) is 6.64. The van der Waals surface area contributed by atoms with E-state index < -0.39 is 10.0 Å². The molecule has 0 aromatic heterocycles. The number of hydrogen-bond acceptors (Lipinski definition) is 3. The average Bonchev–Trinajstić information content (AvgIpc) is 2.33. The number of benzene rings is 1. The van der Waals surface area contributed by atoms with Gasteiger partial charge < -0.3 is 0 Å². The van der Waals surface area contributed by atoms with Gasteiger partial charge >= 0.3 is 0 Å². The highest BCUT2D eigenvalue weighted by Crippen LogP contribution is 2.19. The van der Waals surface area contributed by atoms with Gasteiger partial charge in [0.15, 0.2) is 5.78 Å². The lowest BCUT2D eigenvalue weighted by molar-refractivity contribution is -0.116. The van der Waals surface area contributed by atoms with Crippen LogP contribution < -0.4 is 0 Å². The summed E-state index contributed by atoms with van der Waals surface area (Å²) in [5.74, 6) is -0.142. The van der Waals surface area contributed by atoms with E-state index >= 15 is 0 Å². The molecule has 4 nitrogen and oxygen atoms in total. The van der Waals surface area contributed by atoms with E-state index in [4.69, 9.17) is 0 Å². The van der Waals surface area contributed by atoms with E-state index in [-0.39, 0.29) is 23.8 Å². The molecule has 0 bridgehead atoms. The Morgan fingerprint density at radius 2 is 1.72 bits per heavy atom. The molecule has 1 aromatic rings. The maximum absolute atomic E-state index is 12.3. The van der Waals surface area contributed by atoms with Crippen LogP contribution in [0.4, 0.5) is 0 Å². The zero-order valence-corrected chi connectivity index (χ0v) is 11.2. The van der Waals surface area contributed by atoms with E-state index in [1.54, 1.807) is 37.3 Å². The number of aryl methyl sites for hydroxylation is 1. The zero-order chi connectivity index (χ0) is 13.3. The summed E-state index contributed by atoms with van der Waals surface area (Å²) < 4.78 is 25.8. The van der Waals surface area contributed by atoms with Crippen molar-refractivity contribution in [1.82, 2.24) is 4.31 Å². The van der Waals surface area contributed by atoms with Gasteiger partial charge in [0, 0.05) is 6.54 Å². The van der Waals surface area contributed by atoms with Crippen LogP contribution in [0.1, 0.15) is 12.5 Å². The van der Waals surface area contributed by atoms with E-state index in [0.717, 1.165) is 5.56 Å². The topological polar surface area (TPSA) is 54.5 Å². The summed E-state index contributed by atoms with van der Waals surface area (Å²) in [4.78, 5) is 11.8. The molecule has 1 aromatic carbocycles. The minimum absolute atomic E-state index is 0.0709. The fraction of sp³-hybridized carbons (Fsp3) is 0.308. The van der Waals surface area contributed by atoms with Crippen molar-refractivity contribution in [3.63, 3.8) is 0 Å². The highest BCUT2D eigenvalue weighted by atomic mass is 32.2. The summed E-state index contributed by atoms with van der Waals surface area (Å²) in [7, 11) is -3.57. The van der Waals surface area contributed by atoms with Crippen LogP contribution in [0, 0.1) is 6.92 Å². The normalized spacial score (nSPS) is 17.7. The van der Waals surface area contributed by atoms with E-state index in [0.29, 0.717) is 5.57 Å². The highest BCUT2D eigenvalue weighted by Gasteiger charge is 2.28. The van der Waals surface area contributed by atoms with E-state index in [1.165, 1.54) is 4.31 Å². The summed E-state index contributed by atoms with van der Waals surface area (Å²) >= 11 is 0. The quantitative estimate of drug-likeness (QED) is 0.814. The molecule has 0 atom stereocenters. The van der Waals surface area contributed by atoms with Crippen molar-refractivity contribution in [2.75, 3.05) is 13.1 Å². The lowest BCUT2D eigenvalue weighted by atomic mass is 10.1. The molecule has 1 aliphatic heterocycles. The van der Waals surface area contributed by atoms with Gasteiger partial charge in [-0.25, -0.2) is 8.42 Å². The molecule has 96 valence electrons. The van der Waals surface area contributed by atoms with Crippen molar-refractivity contribution in [2.24, 2.45) is 0 Å². The molecule has 1 heterocycles. The lowest BCUT2D eigenvalue weighted by Gasteiger charge is -2.23. The van der Waals surface area contributed by atoms with Crippen molar-refractivity contribution in [2.45, 2.75) is 18.7 Å². The van der Waals surface area contributed by atoms with E-state index in [1.807, 2.05) is 6.92 Å². The number of carbonyl (C=O) groups excluding carboxylic acids is 1. The number of carbonyl (C=O) groups is 1. The van der Waals surface area contributed by atoms with Crippen molar-refractivity contribution >= 4 is 15.8 Å². The van der Waals surface area contributed by atoms with Gasteiger partial charge in [0.1, 0.15) is 0 Å². The Labute approximate surface area is 107 Å². The van der Waals surface area contributed by atoms with E-state index in [2.05, 4.69) is 0 Å². The molecule has 0 saturated heterocycles. The van der Waals surface area contributed by atoms with Crippen LogP contribution in [0.3, 0.4) is 0 Å². The molecule has 0 spiro atoms. The second kappa shape index (κ2) is 4.66. The van der Waals surface area contributed by atoms with Crippen LogP contribution in [-0.2, 0) is 14.8 Å². The van der Waals surface area contributed by atoms with Crippen molar-refractivity contribution < 1.29 is 13.2 Å². The molecular weight excluding hydrogens is 250 g/mol. The minimum atomic E-state index is -3.57. The summed E-state index contributed by atoms with van der Waals surface area (Å²) in [5.41, 5.74) is 1.63. The Morgan fingerprint density at radius 3 is 2.28 bits per heavy atom. The minimum Gasteiger partial charge on any atom is -0.293 e. The predicted octanol–water partition coefficient (Wildman–Crippen LogP) is 1.51. The third-order valence-corrected chi connectivity index (χ3v) is 4.85. The van der Waals surface area contributed by atoms with Crippen LogP contribution in [0.5, 0.6) is 0 Å². The number of rotatable bonds is 2. The van der Waals surface area contributed by atoms with Crippen molar-refractivity contribution in [1.29, 1.82) is 0 Å². The third kappa shape index (κ3) is 2.37. The number of ketones is 1. The monoisotopic (exact) mass is 265 g/mol. The van der Waals surface area contributed by atoms with E-state index in [9.17, 15) is 13.2 Å². The van der Waals surface area contributed by atoms with Crippen LogP contribution in [0.15, 0.2) is 40.8 Å². The number of sulfonamides is 1. The fourth-order valence-corrected chi connectivity index (χ4v) is 3.08. The first-order chi connectivity index (χ1) is 8.41. The Hall–Kier alpha value is -1.46. The van der Waals surface area contributed by atoms with Crippen LogP contribution >= 0.6 is 0 Å². The standard InChI is InChI=1S/C13H15NO3S/c1-10-3-5-12(6-4-10)18(16,17)14-8-7-11(2)13(15)9-14/h3-7H,8-9H2,1-2H3. The summed E-state index contributed by atoms with van der Waals surface area (Å²) in [6.07, 6.45) is 1.65. The zero-order valence-electron chi connectivity index (χ0n) is 10.4. The SMILES string of the molecule is CC1=CCN(S(=O)(=O)c2ccc(C)cc2)CC1=O. The van der Waals surface area contributed by atoms with Gasteiger partial charge in [-0.1, -0.05) is 23.8 Å². The fourth-order valence-electron chi connectivity index (χ4n) is 1.74. The first-order valence-corrected chi connectivity index (χ1v) is 7.12. The molecule has 0 unspecified atom stereocenters. The van der Waals surface area contributed by atoms with Gasteiger partial charge in [0.05, 0.1) is 11.4 Å². The van der Waals surface area contributed by atoms with Gasteiger partial charge in [-0.15, -0.1) is 0 Å². The Morgan fingerprint density at radius 1 is 1.11 bits per heavy atom. The maximum Gasteiger partial charge on any atom is 0.243 e. The van der Waals surface area contributed by atoms with Gasteiger partial charge in [-0.05, 0) is 31.6 Å². The molecule has 0 N–H and O–H groups in total. The Bertz CT molecular complexity index is 600. The molecule has 5 heteroatoms. The number of Topliss-reactive ketones (excluding diaryl/α,β-unsaturated/α-hetero) is 1. The van der Waals surface area contributed by atoms with Gasteiger partial charge in [0.2, 0.25) is 10.0 Å². The Balaban J connectivity index is 2.33.